The SMILES string of the molecule is CCNC(c1ccc(OC)nn1)c1nccn1C. The molecule has 0 aliphatic carbocycles. The first-order valence-electron chi connectivity index (χ1n) is 5.84. The van der Waals surface area contributed by atoms with E-state index in [-0.39, 0.29) is 6.04 Å². The van der Waals surface area contributed by atoms with Crippen LogP contribution in [0.25, 0.3) is 0 Å². The van der Waals surface area contributed by atoms with Gasteiger partial charge < -0.3 is 14.6 Å². The number of methoxy groups -OCH3 is 1. The first kappa shape index (κ1) is 12.5. The molecule has 1 N–H and O–H groups in total. The molecular weight excluding hydrogens is 230 g/mol. The summed E-state index contributed by atoms with van der Waals surface area (Å²) >= 11 is 0. The van der Waals surface area contributed by atoms with Gasteiger partial charge in [0.05, 0.1) is 12.8 Å². The Bertz CT molecular complexity index is 493. The zero-order chi connectivity index (χ0) is 13.0. The molecule has 1 unspecified atom stereocenters. The summed E-state index contributed by atoms with van der Waals surface area (Å²) < 4.78 is 6.98. The highest BCUT2D eigenvalue weighted by atomic mass is 16.5. The normalized spacial score (nSPS) is 12.4. The maximum atomic E-state index is 5.01. The van der Waals surface area contributed by atoms with Gasteiger partial charge in [0.2, 0.25) is 5.88 Å². The molecule has 6 nitrogen and oxygen atoms in total. The van der Waals surface area contributed by atoms with Gasteiger partial charge in [-0.05, 0) is 12.6 Å². The number of ether oxygens (including phenoxy) is 1. The van der Waals surface area contributed by atoms with Gasteiger partial charge in [-0.2, -0.15) is 0 Å². The van der Waals surface area contributed by atoms with Gasteiger partial charge in [-0.1, -0.05) is 6.92 Å². The van der Waals surface area contributed by atoms with Crippen molar-refractivity contribution in [3.63, 3.8) is 0 Å². The summed E-state index contributed by atoms with van der Waals surface area (Å²) in [7, 11) is 3.54. The van der Waals surface area contributed by atoms with Crippen molar-refractivity contribution in [1.82, 2.24) is 25.1 Å². The van der Waals surface area contributed by atoms with Crippen molar-refractivity contribution in [2.45, 2.75) is 13.0 Å². The van der Waals surface area contributed by atoms with E-state index in [4.69, 9.17) is 4.74 Å². The molecule has 0 aromatic carbocycles. The molecule has 0 saturated carbocycles. The lowest BCUT2D eigenvalue weighted by Crippen LogP contribution is -2.25. The molecular formula is C12H17N5O. The van der Waals surface area contributed by atoms with E-state index in [0.717, 1.165) is 18.1 Å². The average molecular weight is 247 g/mol. The minimum Gasteiger partial charge on any atom is -0.480 e. The van der Waals surface area contributed by atoms with Crippen LogP contribution in [0.2, 0.25) is 0 Å². The van der Waals surface area contributed by atoms with Crippen molar-refractivity contribution < 1.29 is 4.74 Å². The molecule has 0 aliphatic rings. The lowest BCUT2D eigenvalue weighted by molar-refractivity contribution is 0.389. The number of imidazole rings is 1. The van der Waals surface area contributed by atoms with Gasteiger partial charge in [-0.3, -0.25) is 0 Å². The molecule has 0 spiro atoms. The van der Waals surface area contributed by atoms with Crippen LogP contribution in [0.3, 0.4) is 0 Å². The second-order valence-electron chi connectivity index (χ2n) is 3.89. The van der Waals surface area contributed by atoms with E-state index in [2.05, 4.69) is 20.5 Å². The maximum Gasteiger partial charge on any atom is 0.233 e. The van der Waals surface area contributed by atoms with Crippen molar-refractivity contribution in [3.05, 3.63) is 36.0 Å². The number of nitrogens with one attached hydrogen (secondary N) is 1. The average Bonchev–Trinajstić information content (AvgIpc) is 2.82. The number of aryl methyl sites for hydroxylation is 1. The molecule has 2 aromatic heterocycles. The molecule has 96 valence electrons. The number of aromatic nitrogens is 4. The smallest absolute Gasteiger partial charge is 0.233 e. The number of rotatable bonds is 5. The summed E-state index contributed by atoms with van der Waals surface area (Å²) in [6.07, 6.45) is 3.69. The predicted octanol–water partition coefficient (Wildman–Crippen LogP) is 0.918. The summed E-state index contributed by atoms with van der Waals surface area (Å²) in [5.41, 5.74) is 0.826. The fourth-order valence-corrected chi connectivity index (χ4v) is 1.78. The van der Waals surface area contributed by atoms with Crippen LogP contribution in [0.5, 0.6) is 5.88 Å². The Labute approximate surface area is 106 Å². The van der Waals surface area contributed by atoms with Crippen molar-refractivity contribution in [2.24, 2.45) is 7.05 Å². The quantitative estimate of drug-likeness (QED) is 0.851. The molecule has 0 aliphatic heterocycles. The van der Waals surface area contributed by atoms with Gasteiger partial charge >= 0.3 is 0 Å². The maximum absolute atomic E-state index is 5.01. The molecule has 1 atom stereocenters. The van der Waals surface area contributed by atoms with E-state index in [0.29, 0.717) is 5.88 Å². The molecule has 0 saturated heterocycles. The third-order valence-electron chi connectivity index (χ3n) is 2.69. The van der Waals surface area contributed by atoms with Crippen molar-refractivity contribution >= 4 is 0 Å². The molecule has 2 heterocycles. The van der Waals surface area contributed by atoms with Crippen molar-refractivity contribution in [1.29, 1.82) is 0 Å². The molecule has 0 radical (unpaired) electrons. The van der Waals surface area contributed by atoms with Gasteiger partial charge in [0.15, 0.2) is 0 Å². The number of hydrogen-bond donors (Lipinski definition) is 1. The Hall–Kier alpha value is -1.95. The van der Waals surface area contributed by atoms with E-state index >= 15 is 0 Å². The zero-order valence-corrected chi connectivity index (χ0v) is 10.8. The number of hydrogen-bond acceptors (Lipinski definition) is 5. The highest BCUT2D eigenvalue weighted by molar-refractivity contribution is 5.20. The van der Waals surface area contributed by atoms with Crippen LogP contribution in [-0.2, 0) is 7.05 Å². The Balaban J connectivity index is 2.32. The molecule has 0 amide bonds. The minimum absolute atomic E-state index is 0.0617. The predicted molar refractivity (Wildman–Crippen MR) is 67.3 cm³/mol. The summed E-state index contributed by atoms with van der Waals surface area (Å²) in [4.78, 5) is 4.36. The van der Waals surface area contributed by atoms with E-state index in [1.165, 1.54) is 0 Å². The van der Waals surface area contributed by atoms with Gasteiger partial charge in [-0.15, -0.1) is 10.2 Å². The first-order valence-corrected chi connectivity index (χ1v) is 5.84. The molecule has 0 fully saturated rings. The summed E-state index contributed by atoms with van der Waals surface area (Å²) in [6.45, 7) is 2.87. The molecule has 2 rings (SSSR count). The Morgan fingerprint density at radius 2 is 2.22 bits per heavy atom. The molecule has 18 heavy (non-hydrogen) atoms. The Morgan fingerprint density at radius 1 is 1.39 bits per heavy atom. The van der Waals surface area contributed by atoms with Crippen LogP contribution >= 0.6 is 0 Å². The Morgan fingerprint density at radius 3 is 2.72 bits per heavy atom. The summed E-state index contributed by atoms with van der Waals surface area (Å²) in [5.74, 6) is 1.42. The fraction of sp³-hybridized carbons (Fsp3) is 0.417. The topological polar surface area (TPSA) is 64.9 Å². The van der Waals surface area contributed by atoms with Crippen LogP contribution in [0.15, 0.2) is 24.5 Å². The third-order valence-corrected chi connectivity index (χ3v) is 2.69. The van der Waals surface area contributed by atoms with Crippen LogP contribution in [0.1, 0.15) is 24.5 Å². The molecule has 6 heteroatoms. The standard InChI is InChI=1S/C12H17N5O/c1-4-13-11(12-14-7-8-17(12)2)9-5-6-10(18-3)16-15-9/h5-8,11,13H,4H2,1-3H3. The largest absolute Gasteiger partial charge is 0.480 e. The van der Waals surface area contributed by atoms with Crippen LogP contribution < -0.4 is 10.1 Å². The molecule has 0 bridgehead atoms. The minimum atomic E-state index is -0.0617. The van der Waals surface area contributed by atoms with Crippen LogP contribution in [0, 0.1) is 0 Å². The zero-order valence-electron chi connectivity index (χ0n) is 10.8. The highest BCUT2D eigenvalue weighted by Gasteiger charge is 2.19. The van der Waals surface area contributed by atoms with Gasteiger partial charge in [0.1, 0.15) is 11.9 Å². The monoisotopic (exact) mass is 247 g/mol. The van der Waals surface area contributed by atoms with Crippen LogP contribution in [0.4, 0.5) is 0 Å². The number of nitrogens with zero attached hydrogens (tertiary/aromatic N) is 4. The van der Waals surface area contributed by atoms with E-state index in [9.17, 15) is 0 Å². The fourth-order valence-electron chi connectivity index (χ4n) is 1.78. The van der Waals surface area contributed by atoms with E-state index in [1.54, 1.807) is 19.4 Å². The first-order chi connectivity index (χ1) is 8.76. The lowest BCUT2D eigenvalue weighted by atomic mass is 10.2. The highest BCUT2D eigenvalue weighted by Crippen LogP contribution is 2.18. The lowest BCUT2D eigenvalue weighted by Gasteiger charge is -2.16. The van der Waals surface area contributed by atoms with Gasteiger partial charge in [0.25, 0.3) is 0 Å². The van der Waals surface area contributed by atoms with Crippen molar-refractivity contribution in [2.75, 3.05) is 13.7 Å². The van der Waals surface area contributed by atoms with Crippen LogP contribution in [-0.4, -0.2) is 33.4 Å². The third kappa shape index (κ3) is 2.48. The second-order valence-corrected chi connectivity index (χ2v) is 3.89. The van der Waals surface area contributed by atoms with Gasteiger partial charge in [-0.25, -0.2) is 4.98 Å². The van der Waals surface area contributed by atoms with E-state index in [1.807, 2.05) is 30.8 Å². The summed E-state index contributed by atoms with van der Waals surface area (Å²) in [5, 5.41) is 11.5. The van der Waals surface area contributed by atoms with E-state index < -0.39 is 0 Å². The van der Waals surface area contributed by atoms with Gasteiger partial charge in [0, 0.05) is 25.5 Å². The molecule has 2 aromatic rings. The second kappa shape index (κ2) is 5.59. The Kier molecular flexibility index (Phi) is 3.88. The van der Waals surface area contributed by atoms with Crippen molar-refractivity contribution in [3.8, 4) is 5.88 Å². The summed E-state index contributed by atoms with van der Waals surface area (Å²) in [6, 6.07) is 3.64.